The molecule has 0 unspecified atom stereocenters. The zero-order valence-electron chi connectivity index (χ0n) is 17.0. The van der Waals surface area contributed by atoms with Gasteiger partial charge in [-0.2, -0.15) is 0 Å². The molecule has 0 atom stereocenters. The summed E-state index contributed by atoms with van der Waals surface area (Å²) >= 11 is 0. The number of piperidine rings is 1. The number of aryl methyl sites for hydroxylation is 1. The van der Waals surface area contributed by atoms with Gasteiger partial charge in [0.1, 0.15) is 0 Å². The first kappa shape index (κ1) is 21.3. The van der Waals surface area contributed by atoms with E-state index in [2.05, 4.69) is 21.9 Å². The van der Waals surface area contributed by atoms with E-state index in [1.54, 1.807) is 48.5 Å². The number of carbonyl (C=O) groups is 1. The van der Waals surface area contributed by atoms with Crippen LogP contribution in [0, 0.1) is 6.92 Å². The van der Waals surface area contributed by atoms with Gasteiger partial charge in [0.25, 0.3) is 15.9 Å². The van der Waals surface area contributed by atoms with Crippen LogP contribution in [0.15, 0.2) is 53.4 Å². The van der Waals surface area contributed by atoms with E-state index in [-0.39, 0.29) is 16.8 Å². The van der Waals surface area contributed by atoms with Crippen LogP contribution >= 0.6 is 0 Å². The highest BCUT2D eigenvalue weighted by Crippen LogP contribution is 2.18. The lowest BCUT2D eigenvalue weighted by atomic mass is 10.0. The molecule has 0 radical (unpaired) electrons. The van der Waals surface area contributed by atoms with E-state index in [1.165, 1.54) is 0 Å². The second kappa shape index (κ2) is 9.41. The summed E-state index contributed by atoms with van der Waals surface area (Å²) in [6, 6.07) is 13.4. The first-order chi connectivity index (χ1) is 13.9. The first-order valence-electron chi connectivity index (χ1n) is 10.1. The molecule has 1 fully saturated rings. The van der Waals surface area contributed by atoms with Gasteiger partial charge in [0, 0.05) is 30.4 Å². The Bertz CT molecular complexity index is 934. The SMILES string of the molecule is CCCN1CCC(NC(=O)c2cccc(NS(=O)(=O)c3ccc(C)cc3)c2)CC1. The van der Waals surface area contributed by atoms with Crippen molar-refractivity contribution in [1.29, 1.82) is 0 Å². The molecule has 0 saturated carbocycles. The monoisotopic (exact) mass is 415 g/mol. The fourth-order valence-electron chi connectivity index (χ4n) is 3.54. The summed E-state index contributed by atoms with van der Waals surface area (Å²) in [5.41, 5.74) is 1.81. The van der Waals surface area contributed by atoms with Crippen LogP contribution in [0.4, 0.5) is 5.69 Å². The topological polar surface area (TPSA) is 78.5 Å². The molecule has 3 rings (SSSR count). The van der Waals surface area contributed by atoms with E-state index in [0.29, 0.717) is 11.3 Å². The Morgan fingerprint density at radius 3 is 2.45 bits per heavy atom. The molecule has 156 valence electrons. The number of anilines is 1. The molecule has 0 aliphatic carbocycles. The predicted octanol–water partition coefficient (Wildman–Crippen LogP) is 3.40. The van der Waals surface area contributed by atoms with Gasteiger partial charge in [-0.25, -0.2) is 8.42 Å². The Kier molecular flexibility index (Phi) is 6.92. The second-order valence-corrected chi connectivity index (χ2v) is 9.27. The molecular weight excluding hydrogens is 386 g/mol. The van der Waals surface area contributed by atoms with Crippen molar-refractivity contribution < 1.29 is 13.2 Å². The van der Waals surface area contributed by atoms with E-state index >= 15 is 0 Å². The van der Waals surface area contributed by atoms with Crippen molar-refractivity contribution >= 4 is 21.6 Å². The average Bonchev–Trinajstić information content (AvgIpc) is 2.70. The summed E-state index contributed by atoms with van der Waals surface area (Å²) in [5, 5.41) is 3.08. The minimum atomic E-state index is -3.70. The van der Waals surface area contributed by atoms with Gasteiger partial charge >= 0.3 is 0 Å². The summed E-state index contributed by atoms with van der Waals surface area (Å²) in [6.07, 6.45) is 3.01. The van der Waals surface area contributed by atoms with Gasteiger partial charge in [-0.05, 0) is 63.1 Å². The van der Waals surface area contributed by atoms with Crippen molar-refractivity contribution in [1.82, 2.24) is 10.2 Å². The highest BCUT2D eigenvalue weighted by atomic mass is 32.2. The molecule has 29 heavy (non-hydrogen) atoms. The minimum Gasteiger partial charge on any atom is -0.349 e. The molecule has 2 aromatic carbocycles. The fraction of sp³-hybridized carbons (Fsp3) is 0.409. The molecular formula is C22H29N3O3S. The smallest absolute Gasteiger partial charge is 0.261 e. The molecule has 0 aromatic heterocycles. The van der Waals surface area contributed by atoms with Gasteiger partial charge in [0.05, 0.1) is 4.90 Å². The van der Waals surface area contributed by atoms with Crippen molar-refractivity contribution in [3.05, 3.63) is 59.7 Å². The molecule has 1 amide bonds. The number of sulfonamides is 1. The van der Waals surface area contributed by atoms with E-state index in [0.717, 1.165) is 44.5 Å². The van der Waals surface area contributed by atoms with E-state index in [1.807, 2.05) is 6.92 Å². The van der Waals surface area contributed by atoms with Crippen LogP contribution in [0.2, 0.25) is 0 Å². The Morgan fingerprint density at radius 2 is 1.79 bits per heavy atom. The zero-order chi connectivity index (χ0) is 20.9. The number of amides is 1. The molecule has 1 aliphatic rings. The van der Waals surface area contributed by atoms with Crippen LogP contribution in [-0.4, -0.2) is 44.9 Å². The van der Waals surface area contributed by atoms with E-state index in [4.69, 9.17) is 0 Å². The van der Waals surface area contributed by atoms with Gasteiger partial charge in [-0.15, -0.1) is 0 Å². The average molecular weight is 416 g/mol. The second-order valence-electron chi connectivity index (χ2n) is 7.59. The Labute approximate surface area is 173 Å². The number of carbonyl (C=O) groups excluding carboxylic acids is 1. The molecule has 1 aliphatic heterocycles. The molecule has 2 aromatic rings. The van der Waals surface area contributed by atoms with E-state index in [9.17, 15) is 13.2 Å². The molecule has 2 N–H and O–H groups in total. The van der Waals surface area contributed by atoms with Crippen LogP contribution in [0.25, 0.3) is 0 Å². The van der Waals surface area contributed by atoms with Crippen LogP contribution < -0.4 is 10.0 Å². The molecule has 0 spiro atoms. The van der Waals surface area contributed by atoms with E-state index < -0.39 is 10.0 Å². The summed E-state index contributed by atoms with van der Waals surface area (Å²) in [5.74, 6) is -0.171. The largest absolute Gasteiger partial charge is 0.349 e. The van der Waals surface area contributed by atoms with Crippen molar-refractivity contribution in [3.8, 4) is 0 Å². The van der Waals surface area contributed by atoms with Gasteiger partial charge in [-0.3, -0.25) is 9.52 Å². The highest BCUT2D eigenvalue weighted by molar-refractivity contribution is 7.92. The fourth-order valence-corrected chi connectivity index (χ4v) is 4.59. The maximum Gasteiger partial charge on any atom is 0.261 e. The van der Waals surface area contributed by atoms with Gasteiger partial charge in [0.15, 0.2) is 0 Å². The summed E-state index contributed by atoms with van der Waals surface area (Å²) in [4.78, 5) is 15.3. The predicted molar refractivity (Wildman–Crippen MR) is 116 cm³/mol. The van der Waals surface area contributed by atoms with Crippen molar-refractivity contribution in [2.24, 2.45) is 0 Å². The molecule has 1 saturated heterocycles. The molecule has 0 bridgehead atoms. The highest BCUT2D eigenvalue weighted by Gasteiger charge is 2.21. The van der Waals surface area contributed by atoms with Crippen LogP contribution in [0.5, 0.6) is 0 Å². The first-order valence-corrected chi connectivity index (χ1v) is 11.6. The Balaban J connectivity index is 1.63. The van der Waals surface area contributed by atoms with Crippen molar-refractivity contribution in [3.63, 3.8) is 0 Å². The quantitative estimate of drug-likeness (QED) is 0.726. The third-order valence-electron chi connectivity index (χ3n) is 5.17. The zero-order valence-corrected chi connectivity index (χ0v) is 17.8. The number of likely N-dealkylation sites (tertiary alicyclic amines) is 1. The van der Waals surface area contributed by atoms with Gasteiger partial charge < -0.3 is 10.2 Å². The number of benzene rings is 2. The molecule has 6 nitrogen and oxygen atoms in total. The number of hydrogen-bond donors (Lipinski definition) is 2. The van der Waals surface area contributed by atoms with Crippen molar-refractivity contribution in [2.75, 3.05) is 24.4 Å². The summed E-state index contributed by atoms with van der Waals surface area (Å²) < 4.78 is 27.7. The number of nitrogens with zero attached hydrogens (tertiary/aromatic N) is 1. The number of rotatable bonds is 7. The maximum absolute atomic E-state index is 12.6. The van der Waals surface area contributed by atoms with Crippen molar-refractivity contribution in [2.45, 2.75) is 44.0 Å². The van der Waals surface area contributed by atoms with Crippen LogP contribution in [0.3, 0.4) is 0 Å². The minimum absolute atomic E-state index is 0.156. The van der Waals surface area contributed by atoms with Crippen LogP contribution in [-0.2, 0) is 10.0 Å². The third kappa shape index (κ3) is 5.81. The van der Waals surface area contributed by atoms with Crippen LogP contribution in [0.1, 0.15) is 42.1 Å². The summed E-state index contributed by atoms with van der Waals surface area (Å²) in [6.45, 7) is 7.17. The lowest BCUT2D eigenvalue weighted by Crippen LogP contribution is -2.44. The molecule has 1 heterocycles. The third-order valence-corrected chi connectivity index (χ3v) is 6.57. The maximum atomic E-state index is 12.6. The number of hydrogen-bond acceptors (Lipinski definition) is 4. The standard InChI is InChI=1S/C22H29N3O3S/c1-3-13-25-14-11-19(12-15-25)23-22(26)18-5-4-6-20(16-18)24-29(27,28)21-9-7-17(2)8-10-21/h4-10,16,19,24H,3,11-15H2,1-2H3,(H,23,26). The normalized spacial score (nSPS) is 15.8. The van der Waals surface area contributed by atoms with Gasteiger partial charge in [-0.1, -0.05) is 30.7 Å². The lowest BCUT2D eigenvalue weighted by Gasteiger charge is -2.32. The summed E-state index contributed by atoms with van der Waals surface area (Å²) in [7, 11) is -3.70. The molecule has 7 heteroatoms. The Hall–Kier alpha value is -2.38. The lowest BCUT2D eigenvalue weighted by molar-refractivity contribution is 0.0911. The Morgan fingerprint density at radius 1 is 1.10 bits per heavy atom. The van der Waals surface area contributed by atoms with Gasteiger partial charge in [0.2, 0.25) is 0 Å². The number of nitrogens with one attached hydrogen (secondary N) is 2.